The van der Waals surface area contributed by atoms with Gasteiger partial charge in [-0.3, -0.25) is 4.79 Å². The van der Waals surface area contributed by atoms with Crippen LogP contribution in [0.1, 0.15) is 18.4 Å². The van der Waals surface area contributed by atoms with Gasteiger partial charge in [0, 0.05) is 24.7 Å². The highest BCUT2D eigenvalue weighted by molar-refractivity contribution is 7.89. The zero-order valence-electron chi connectivity index (χ0n) is 14.5. The Kier molecular flexibility index (Phi) is 5.38. The number of halogens is 1. The lowest BCUT2D eigenvalue weighted by Gasteiger charge is -2.30. The summed E-state index contributed by atoms with van der Waals surface area (Å²) in [5.41, 5.74) is 1.23. The molecular weight excluding hydrogens is 355 g/mol. The summed E-state index contributed by atoms with van der Waals surface area (Å²) in [6, 6.07) is 12.5. The van der Waals surface area contributed by atoms with Gasteiger partial charge in [0.05, 0.1) is 4.90 Å². The number of hydrogen-bond donors (Lipinski definition) is 1. The van der Waals surface area contributed by atoms with Crippen molar-refractivity contribution in [3.05, 3.63) is 59.9 Å². The fraction of sp³-hybridized carbons (Fsp3) is 0.316. The van der Waals surface area contributed by atoms with Crippen molar-refractivity contribution in [3.63, 3.8) is 0 Å². The van der Waals surface area contributed by atoms with Crippen molar-refractivity contribution in [2.75, 3.05) is 18.4 Å². The number of carbonyl (C=O) groups excluding carboxylic acids is 1. The first kappa shape index (κ1) is 18.5. The predicted octanol–water partition coefficient (Wildman–Crippen LogP) is 3.17. The van der Waals surface area contributed by atoms with Crippen LogP contribution in [0.25, 0.3) is 0 Å². The maximum atomic E-state index is 13.2. The van der Waals surface area contributed by atoms with Crippen molar-refractivity contribution in [2.24, 2.45) is 5.92 Å². The highest BCUT2D eigenvalue weighted by Gasteiger charge is 2.32. The number of benzene rings is 2. The van der Waals surface area contributed by atoms with Crippen LogP contribution in [0.5, 0.6) is 0 Å². The van der Waals surface area contributed by atoms with Crippen LogP contribution in [0.2, 0.25) is 0 Å². The topological polar surface area (TPSA) is 66.5 Å². The van der Waals surface area contributed by atoms with Gasteiger partial charge >= 0.3 is 0 Å². The van der Waals surface area contributed by atoms with Gasteiger partial charge in [-0.2, -0.15) is 4.31 Å². The third-order valence-electron chi connectivity index (χ3n) is 4.65. The van der Waals surface area contributed by atoms with Crippen LogP contribution >= 0.6 is 0 Å². The van der Waals surface area contributed by atoms with Crippen molar-refractivity contribution in [1.29, 1.82) is 0 Å². The number of piperidine rings is 1. The zero-order chi connectivity index (χ0) is 18.7. The molecule has 5 nitrogen and oxygen atoms in total. The van der Waals surface area contributed by atoms with Gasteiger partial charge in [0.25, 0.3) is 0 Å². The summed E-state index contributed by atoms with van der Waals surface area (Å²) < 4.78 is 39.8. The molecular formula is C19H21FN2O3S. The van der Waals surface area contributed by atoms with E-state index in [9.17, 15) is 17.6 Å². The summed E-state index contributed by atoms with van der Waals surface area (Å²) in [5.74, 6) is -0.766. The number of sulfonamides is 1. The molecule has 0 aromatic heterocycles. The second-order valence-electron chi connectivity index (χ2n) is 6.44. The fourth-order valence-corrected chi connectivity index (χ4v) is 4.59. The number of carbonyl (C=O) groups is 1. The summed E-state index contributed by atoms with van der Waals surface area (Å²) in [6.07, 6.45) is 0.913. The van der Waals surface area contributed by atoms with Crippen LogP contribution < -0.4 is 5.32 Å². The SMILES string of the molecule is Cc1cc(F)ccc1NC(=O)C1CCN(S(=O)(=O)c2ccccc2)CC1. The average molecular weight is 376 g/mol. The monoisotopic (exact) mass is 376 g/mol. The van der Waals surface area contributed by atoms with E-state index < -0.39 is 10.0 Å². The van der Waals surface area contributed by atoms with Crippen molar-refractivity contribution in [1.82, 2.24) is 4.31 Å². The smallest absolute Gasteiger partial charge is 0.243 e. The average Bonchev–Trinajstić information content (AvgIpc) is 2.65. The molecule has 0 radical (unpaired) electrons. The molecule has 2 aromatic rings. The number of aryl methyl sites for hydroxylation is 1. The number of nitrogens with zero attached hydrogens (tertiary/aromatic N) is 1. The Morgan fingerprint density at radius 3 is 2.38 bits per heavy atom. The molecule has 1 amide bonds. The van der Waals surface area contributed by atoms with Crippen molar-refractivity contribution in [3.8, 4) is 0 Å². The zero-order valence-corrected chi connectivity index (χ0v) is 15.3. The molecule has 0 bridgehead atoms. The first-order chi connectivity index (χ1) is 12.4. The second kappa shape index (κ2) is 7.55. The van der Waals surface area contributed by atoms with Gasteiger partial charge in [-0.15, -0.1) is 0 Å². The van der Waals surface area contributed by atoms with Crippen LogP contribution in [0.15, 0.2) is 53.4 Å². The van der Waals surface area contributed by atoms with E-state index in [1.54, 1.807) is 37.3 Å². The molecule has 7 heteroatoms. The minimum absolute atomic E-state index is 0.156. The molecule has 0 unspecified atom stereocenters. The Balaban J connectivity index is 1.62. The molecule has 0 atom stereocenters. The van der Waals surface area contributed by atoms with E-state index in [0.717, 1.165) is 0 Å². The van der Waals surface area contributed by atoms with Gasteiger partial charge in [0.1, 0.15) is 5.82 Å². The quantitative estimate of drug-likeness (QED) is 0.891. The lowest BCUT2D eigenvalue weighted by atomic mass is 9.97. The van der Waals surface area contributed by atoms with E-state index >= 15 is 0 Å². The lowest BCUT2D eigenvalue weighted by molar-refractivity contribution is -0.120. The van der Waals surface area contributed by atoms with Crippen molar-refractivity contribution >= 4 is 21.6 Å². The Labute approximate surface area is 152 Å². The first-order valence-electron chi connectivity index (χ1n) is 8.50. The number of anilines is 1. The Morgan fingerprint density at radius 1 is 1.12 bits per heavy atom. The van der Waals surface area contributed by atoms with Crippen LogP contribution in [0, 0.1) is 18.7 Å². The molecule has 26 heavy (non-hydrogen) atoms. The first-order valence-corrected chi connectivity index (χ1v) is 9.94. The maximum absolute atomic E-state index is 13.2. The molecule has 3 rings (SSSR count). The van der Waals surface area contributed by atoms with Crippen LogP contribution in [0.4, 0.5) is 10.1 Å². The Morgan fingerprint density at radius 2 is 1.77 bits per heavy atom. The number of nitrogens with one attached hydrogen (secondary N) is 1. The molecule has 1 aliphatic heterocycles. The molecule has 0 spiro atoms. The molecule has 1 saturated heterocycles. The second-order valence-corrected chi connectivity index (χ2v) is 8.38. The van der Waals surface area contributed by atoms with E-state index in [1.807, 2.05) is 0 Å². The Hall–Kier alpha value is -2.25. The lowest BCUT2D eigenvalue weighted by Crippen LogP contribution is -2.41. The fourth-order valence-electron chi connectivity index (χ4n) is 3.10. The van der Waals surface area contributed by atoms with E-state index in [-0.39, 0.29) is 22.5 Å². The summed E-state index contributed by atoms with van der Waals surface area (Å²) in [6.45, 7) is 2.34. The van der Waals surface area contributed by atoms with Gasteiger partial charge in [-0.1, -0.05) is 18.2 Å². The summed E-state index contributed by atoms with van der Waals surface area (Å²) >= 11 is 0. The normalized spacial score (nSPS) is 16.4. The maximum Gasteiger partial charge on any atom is 0.243 e. The minimum Gasteiger partial charge on any atom is -0.326 e. The Bertz CT molecular complexity index is 892. The van der Waals surface area contributed by atoms with Gasteiger partial charge in [0.2, 0.25) is 15.9 Å². The summed E-state index contributed by atoms with van der Waals surface area (Å²) in [4.78, 5) is 12.7. The summed E-state index contributed by atoms with van der Waals surface area (Å²) in [5, 5.41) is 2.82. The highest BCUT2D eigenvalue weighted by Crippen LogP contribution is 2.25. The van der Waals surface area contributed by atoms with Gasteiger partial charge in [-0.25, -0.2) is 12.8 Å². The van der Waals surface area contributed by atoms with Crippen LogP contribution in [-0.2, 0) is 14.8 Å². The molecule has 1 heterocycles. The summed E-state index contributed by atoms with van der Waals surface area (Å²) in [7, 11) is -3.52. The van der Waals surface area contributed by atoms with E-state index in [2.05, 4.69) is 5.32 Å². The van der Waals surface area contributed by atoms with Crippen LogP contribution in [0.3, 0.4) is 0 Å². The third kappa shape index (κ3) is 3.94. The molecule has 138 valence electrons. The van der Waals surface area contributed by atoms with E-state index in [4.69, 9.17) is 0 Å². The highest BCUT2D eigenvalue weighted by atomic mass is 32.2. The number of rotatable bonds is 4. The van der Waals surface area contributed by atoms with Gasteiger partial charge in [0.15, 0.2) is 0 Å². The number of hydrogen-bond acceptors (Lipinski definition) is 3. The van der Waals surface area contributed by atoms with Crippen molar-refractivity contribution < 1.29 is 17.6 Å². The molecule has 1 N–H and O–H groups in total. The van der Waals surface area contributed by atoms with Gasteiger partial charge < -0.3 is 5.32 Å². The number of amides is 1. The third-order valence-corrected chi connectivity index (χ3v) is 6.56. The molecule has 0 saturated carbocycles. The van der Waals surface area contributed by atoms with Crippen molar-refractivity contribution in [2.45, 2.75) is 24.7 Å². The van der Waals surface area contributed by atoms with Crippen LogP contribution in [-0.4, -0.2) is 31.7 Å². The molecule has 2 aromatic carbocycles. The molecule has 1 fully saturated rings. The molecule has 1 aliphatic rings. The van der Waals surface area contributed by atoms with E-state index in [0.29, 0.717) is 37.2 Å². The standard InChI is InChI=1S/C19H21FN2O3S/c1-14-13-16(20)7-8-18(14)21-19(23)15-9-11-22(12-10-15)26(24,25)17-5-3-2-4-6-17/h2-8,13,15H,9-12H2,1H3,(H,21,23). The predicted molar refractivity (Wildman–Crippen MR) is 97.7 cm³/mol. The van der Waals surface area contributed by atoms with Gasteiger partial charge in [-0.05, 0) is 55.7 Å². The molecule has 0 aliphatic carbocycles. The minimum atomic E-state index is -3.52. The largest absolute Gasteiger partial charge is 0.326 e. The van der Waals surface area contributed by atoms with E-state index in [1.165, 1.54) is 22.5 Å².